The topological polar surface area (TPSA) is 49.0 Å². The number of benzene rings is 3. The number of rotatable bonds is 3. The molecule has 3 aromatic carbocycles. The third-order valence-corrected chi connectivity index (χ3v) is 5.86. The summed E-state index contributed by atoms with van der Waals surface area (Å²) in [5, 5.41) is 2.25. The van der Waals surface area contributed by atoms with Crippen molar-refractivity contribution in [2.24, 2.45) is 0 Å². The molecule has 4 nitrogen and oxygen atoms in total. The van der Waals surface area contributed by atoms with Crippen LogP contribution in [0, 0.1) is 0 Å². The number of nitrogens with one attached hydrogen (secondary N) is 1. The molecule has 3 heterocycles. The Labute approximate surface area is 173 Å². The van der Waals surface area contributed by atoms with Gasteiger partial charge in [0.05, 0.1) is 11.2 Å². The molecule has 6 rings (SSSR count). The van der Waals surface area contributed by atoms with E-state index in [1.54, 1.807) is 0 Å². The summed E-state index contributed by atoms with van der Waals surface area (Å²) < 4.78 is 0. The van der Waals surface area contributed by atoms with Crippen LogP contribution in [0.15, 0.2) is 84.9 Å². The summed E-state index contributed by atoms with van der Waals surface area (Å²) in [5.41, 5.74) is 6.60. The Morgan fingerprint density at radius 2 is 1.53 bits per heavy atom. The van der Waals surface area contributed by atoms with Gasteiger partial charge in [-0.3, -0.25) is 4.79 Å². The third kappa shape index (κ3) is 2.54. The predicted molar refractivity (Wildman–Crippen MR) is 119 cm³/mol. The van der Waals surface area contributed by atoms with Gasteiger partial charge in [0.25, 0.3) is 5.91 Å². The van der Waals surface area contributed by atoms with Crippen LogP contribution in [-0.4, -0.2) is 20.8 Å². The van der Waals surface area contributed by atoms with Gasteiger partial charge < -0.3 is 9.88 Å². The molecule has 1 aliphatic heterocycles. The number of aromatic amines is 1. The zero-order chi connectivity index (χ0) is 20.1. The minimum atomic E-state index is -0.00165. The molecule has 0 fully saturated rings. The predicted octanol–water partition coefficient (Wildman–Crippen LogP) is 5.54. The van der Waals surface area contributed by atoms with E-state index in [-0.39, 0.29) is 5.91 Å². The molecule has 0 saturated carbocycles. The van der Waals surface area contributed by atoms with Gasteiger partial charge in [0.2, 0.25) is 0 Å². The van der Waals surface area contributed by atoms with Crippen molar-refractivity contribution in [2.75, 3.05) is 0 Å². The van der Waals surface area contributed by atoms with E-state index in [2.05, 4.69) is 29.2 Å². The van der Waals surface area contributed by atoms with Gasteiger partial charge in [-0.2, -0.15) is 0 Å². The van der Waals surface area contributed by atoms with Crippen LogP contribution in [0.4, 0.5) is 0 Å². The minimum absolute atomic E-state index is 0.00165. The molecule has 0 spiro atoms. The molecule has 144 valence electrons. The molecule has 0 atom stereocenters. The van der Waals surface area contributed by atoms with Gasteiger partial charge in [-0.25, -0.2) is 4.98 Å². The number of amides is 1. The Morgan fingerprint density at radius 3 is 2.33 bits per heavy atom. The van der Waals surface area contributed by atoms with Crippen LogP contribution in [0.1, 0.15) is 21.6 Å². The molecule has 0 radical (unpaired) electrons. The zero-order valence-electron chi connectivity index (χ0n) is 16.3. The molecule has 0 unspecified atom stereocenters. The maximum atomic E-state index is 13.3. The largest absolute Gasteiger partial charge is 0.353 e. The molecular formula is C26H19N3O. The van der Waals surface area contributed by atoms with Gasteiger partial charge in [0.1, 0.15) is 5.69 Å². The second-order valence-electron chi connectivity index (χ2n) is 7.72. The highest BCUT2D eigenvalue weighted by atomic mass is 16.2. The van der Waals surface area contributed by atoms with E-state index in [9.17, 15) is 4.79 Å². The smallest absolute Gasteiger partial charge is 0.273 e. The first-order chi connectivity index (χ1) is 14.8. The van der Waals surface area contributed by atoms with Crippen LogP contribution in [0.3, 0.4) is 0 Å². The molecular weight excluding hydrogens is 370 g/mol. The Balaban J connectivity index is 1.58. The normalized spacial score (nSPS) is 13.3. The maximum Gasteiger partial charge on any atom is 0.273 e. The van der Waals surface area contributed by atoms with E-state index in [0.717, 1.165) is 44.2 Å². The molecule has 0 bridgehead atoms. The van der Waals surface area contributed by atoms with Gasteiger partial charge in [-0.05, 0) is 11.6 Å². The fourth-order valence-corrected chi connectivity index (χ4v) is 4.47. The Kier molecular flexibility index (Phi) is 3.71. The number of pyridine rings is 1. The first kappa shape index (κ1) is 17.0. The van der Waals surface area contributed by atoms with E-state index >= 15 is 0 Å². The van der Waals surface area contributed by atoms with Crippen molar-refractivity contribution < 1.29 is 4.79 Å². The van der Waals surface area contributed by atoms with Gasteiger partial charge in [-0.15, -0.1) is 0 Å². The Bertz CT molecular complexity index is 1400. The van der Waals surface area contributed by atoms with E-state index in [1.807, 2.05) is 65.6 Å². The van der Waals surface area contributed by atoms with Crippen LogP contribution in [0.2, 0.25) is 0 Å². The highest BCUT2D eigenvalue weighted by molar-refractivity contribution is 6.16. The lowest BCUT2D eigenvalue weighted by Crippen LogP contribution is -2.23. The number of aromatic nitrogens is 2. The average Bonchev–Trinajstić information content (AvgIpc) is 3.33. The number of para-hydroxylation sites is 1. The molecule has 1 amide bonds. The summed E-state index contributed by atoms with van der Waals surface area (Å²) in [6.45, 7) is 1.16. The molecule has 30 heavy (non-hydrogen) atoms. The molecule has 2 aromatic heterocycles. The number of carbonyl (C=O) groups excluding carboxylic acids is 1. The van der Waals surface area contributed by atoms with Crippen LogP contribution in [0.5, 0.6) is 0 Å². The summed E-state index contributed by atoms with van der Waals surface area (Å²) >= 11 is 0. The van der Waals surface area contributed by atoms with Gasteiger partial charge >= 0.3 is 0 Å². The fraction of sp³-hybridized carbons (Fsp3) is 0.0769. The standard InChI is InChI=1S/C26H19N3O/c30-26-24-20(16-29(26)15-17-9-3-1-4-10-17)22-19-13-7-8-14-21(19)27-25(22)23(28-24)18-11-5-2-6-12-18/h1-14,27H,15-16H2. The van der Waals surface area contributed by atoms with Gasteiger partial charge in [0.15, 0.2) is 0 Å². The SMILES string of the molecule is O=C1c2nc(-c3ccccc3)c3[nH]c4ccccc4c3c2CN1Cc1ccccc1. The van der Waals surface area contributed by atoms with Crippen molar-refractivity contribution >= 4 is 27.7 Å². The number of fused-ring (bicyclic) bond motifs is 5. The van der Waals surface area contributed by atoms with E-state index in [0.29, 0.717) is 18.8 Å². The van der Waals surface area contributed by atoms with Gasteiger partial charge in [0, 0.05) is 40.5 Å². The molecule has 5 aromatic rings. The molecule has 0 aliphatic carbocycles. The third-order valence-electron chi connectivity index (χ3n) is 5.86. The lowest BCUT2D eigenvalue weighted by atomic mass is 10.0. The lowest BCUT2D eigenvalue weighted by Gasteiger charge is -2.15. The number of H-pyrrole nitrogens is 1. The second kappa shape index (κ2) is 6.56. The van der Waals surface area contributed by atoms with Crippen molar-refractivity contribution in [1.29, 1.82) is 0 Å². The van der Waals surface area contributed by atoms with Crippen LogP contribution in [0.25, 0.3) is 33.1 Å². The summed E-state index contributed by atoms with van der Waals surface area (Å²) in [4.78, 5) is 23.7. The monoisotopic (exact) mass is 389 g/mol. The molecule has 0 saturated heterocycles. The Hall–Kier alpha value is -3.92. The summed E-state index contributed by atoms with van der Waals surface area (Å²) in [5.74, 6) is -0.00165. The Morgan fingerprint density at radius 1 is 0.833 bits per heavy atom. The summed E-state index contributed by atoms with van der Waals surface area (Å²) in [6.07, 6.45) is 0. The molecule has 1 N–H and O–H groups in total. The average molecular weight is 389 g/mol. The lowest BCUT2D eigenvalue weighted by molar-refractivity contribution is 0.0762. The molecule has 4 heteroatoms. The number of nitrogens with zero attached hydrogens (tertiary/aromatic N) is 2. The second-order valence-corrected chi connectivity index (χ2v) is 7.72. The quantitative estimate of drug-likeness (QED) is 0.440. The first-order valence-corrected chi connectivity index (χ1v) is 10.1. The minimum Gasteiger partial charge on any atom is -0.353 e. The van der Waals surface area contributed by atoms with Crippen molar-refractivity contribution in [2.45, 2.75) is 13.1 Å². The summed E-state index contributed by atoms with van der Waals surface area (Å²) in [6, 6.07) is 28.5. The first-order valence-electron chi connectivity index (χ1n) is 10.1. The number of carbonyl (C=O) groups is 1. The van der Waals surface area contributed by atoms with E-state index in [4.69, 9.17) is 4.98 Å². The highest BCUT2D eigenvalue weighted by Crippen LogP contribution is 2.39. The van der Waals surface area contributed by atoms with Crippen LogP contribution < -0.4 is 0 Å². The van der Waals surface area contributed by atoms with Crippen molar-refractivity contribution in [3.8, 4) is 11.3 Å². The van der Waals surface area contributed by atoms with Crippen molar-refractivity contribution in [3.63, 3.8) is 0 Å². The molecule has 1 aliphatic rings. The van der Waals surface area contributed by atoms with Gasteiger partial charge in [-0.1, -0.05) is 78.9 Å². The summed E-state index contributed by atoms with van der Waals surface area (Å²) in [7, 11) is 0. The fourth-order valence-electron chi connectivity index (χ4n) is 4.47. The zero-order valence-corrected chi connectivity index (χ0v) is 16.3. The maximum absolute atomic E-state index is 13.3. The number of hydrogen-bond acceptors (Lipinski definition) is 2. The van der Waals surface area contributed by atoms with Crippen LogP contribution >= 0.6 is 0 Å². The van der Waals surface area contributed by atoms with Crippen LogP contribution in [-0.2, 0) is 13.1 Å². The van der Waals surface area contributed by atoms with Crippen molar-refractivity contribution in [1.82, 2.24) is 14.9 Å². The van der Waals surface area contributed by atoms with E-state index < -0.39 is 0 Å². The van der Waals surface area contributed by atoms with E-state index in [1.165, 1.54) is 0 Å². The highest BCUT2D eigenvalue weighted by Gasteiger charge is 2.33. The number of hydrogen-bond donors (Lipinski definition) is 1. The van der Waals surface area contributed by atoms with Crippen molar-refractivity contribution in [3.05, 3.63) is 102 Å².